The fourth-order valence-corrected chi connectivity index (χ4v) is 3.99. The maximum atomic E-state index is 12.7. The van der Waals surface area contributed by atoms with Crippen molar-refractivity contribution in [2.24, 2.45) is 0 Å². The molecule has 0 spiro atoms. The summed E-state index contributed by atoms with van der Waals surface area (Å²) in [4.78, 5) is 0.140. The van der Waals surface area contributed by atoms with E-state index in [0.29, 0.717) is 27.8 Å². The minimum Gasteiger partial charge on any atom is -0.280 e. The molecule has 0 aliphatic heterocycles. The Morgan fingerprint density at radius 1 is 1.12 bits per heavy atom. The molecular formula is C16H16ClN5O2S. The highest BCUT2D eigenvalue weighted by Crippen LogP contribution is 2.26. The summed E-state index contributed by atoms with van der Waals surface area (Å²) in [6, 6.07) is 9.96. The summed E-state index contributed by atoms with van der Waals surface area (Å²) in [6.45, 7) is 5.34. The van der Waals surface area contributed by atoms with Crippen LogP contribution in [0.3, 0.4) is 0 Å². The number of aromatic nitrogens is 4. The number of rotatable bonds is 4. The van der Waals surface area contributed by atoms with Crippen molar-refractivity contribution in [1.82, 2.24) is 20.2 Å². The van der Waals surface area contributed by atoms with Gasteiger partial charge in [-0.2, -0.15) is 4.68 Å². The molecule has 130 valence electrons. The number of hydrogen-bond donors (Lipinski definition) is 1. The van der Waals surface area contributed by atoms with Gasteiger partial charge in [0, 0.05) is 5.02 Å². The van der Waals surface area contributed by atoms with Crippen LogP contribution in [0.4, 0.5) is 5.69 Å². The minimum absolute atomic E-state index is 0.140. The molecule has 0 bridgehead atoms. The monoisotopic (exact) mass is 377 g/mol. The van der Waals surface area contributed by atoms with Crippen LogP contribution in [0.15, 0.2) is 41.3 Å². The fraction of sp³-hybridized carbons (Fsp3) is 0.188. The summed E-state index contributed by atoms with van der Waals surface area (Å²) < 4.78 is 29.6. The molecule has 0 fully saturated rings. The molecule has 3 aromatic rings. The normalized spacial score (nSPS) is 11.5. The summed E-state index contributed by atoms with van der Waals surface area (Å²) >= 11 is 6.04. The molecule has 0 unspecified atom stereocenters. The smallest absolute Gasteiger partial charge is 0.262 e. The highest BCUT2D eigenvalue weighted by Gasteiger charge is 2.19. The summed E-state index contributed by atoms with van der Waals surface area (Å²) in [7, 11) is -3.77. The molecule has 0 saturated heterocycles. The number of hydrogen-bond acceptors (Lipinski definition) is 5. The first-order chi connectivity index (χ1) is 11.8. The number of halogens is 1. The Morgan fingerprint density at radius 3 is 2.56 bits per heavy atom. The van der Waals surface area contributed by atoms with E-state index >= 15 is 0 Å². The second-order valence-corrected chi connectivity index (χ2v) is 7.67. The van der Waals surface area contributed by atoms with Gasteiger partial charge in [-0.1, -0.05) is 23.7 Å². The molecule has 0 aliphatic rings. The first kappa shape index (κ1) is 17.4. The molecule has 1 aromatic heterocycles. The fourth-order valence-electron chi connectivity index (χ4n) is 2.44. The van der Waals surface area contributed by atoms with E-state index in [1.54, 1.807) is 48.9 Å². The van der Waals surface area contributed by atoms with Gasteiger partial charge in [0.1, 0.15) is 0 Å². The lowest BCUT2D eigenvalue weighted by atomic mass is 10.2. The lowest BCUT2D eigenvalue weighted by Gasteiger charge is -2.13. The van der Waals surface area contributed by atoms with Gasteiger partial charge in [0.25, 0.3) is 10.0 Å². The molecular weight excluding hydrogens is 362 g/mol. The van der Waals surface area contributed by atoms with Crippen LogP contribution in [0.1, 0.15) is 17.0 Å². The molecule has 25 heavy (non-hydrogen) atoms. The summed E-state index contributed by atoms with van der Waals surface area (Å²) in [6.07, 6.45) is 0. The van der Waals surface area contributed by atoms with Gasteiger partial charge in [0.15, 0.2) is 5.82 Å². The third-order valence-electron chi connectivity index (χ3n) is 3.82. The zero-order valence-corrected chi connectivity index (χ0v) is 15.4. The van der Waals surface area contributed by atoms with Crippen molar-refractivity contribution in [2.45, 2.75) is 25.7 Å². The molecule has 0 aliphatic carbocycles. The molecule has 0 radical (unpaired) electrons. The molecule has 0 amide bonds. The van der Waals surface area contributed by atoms with Crippen molar-refractivity contribution >= 4 is 27.3 Å². The predicted molar refractivity (Wildman–Crippen MR) is 95.6 cm³/mol. The van der Waals surface area contributed by atoms with Crippen LogP contribution in [0, 0.1) is 20.8 Å². The Hall–Kier alpha value is -2.45. The van der Waals surface area contributed by atoms with E-state index < -0.39 is 10.0 Å². The van der Waals surface area contributed by atoms with E-state index in [9.17, 15) is 8.42 Å². The molecule has 0 atom stereocenters. The maximum Gasteiger partial charge on any atom is 0.262 e. The van der Waals surface area contributed by atoms with E-state index in [4.69, 9.17) is 11.6 Å². The lowest BCUT2D eigenvalue weighted by molar-refractivity contribution is 0.600. The largest absolute Gasteiger partial charge is 0.280 e. The van der Waals surface area contributed by atoms with Crippen molar-refractivity contribution in [1.29, 1.82) is 0 Å². The number of sulfonamides is 1. The van der Waals surface area contributed by atoms with Crippen LogP contribution in [0.2, 0.25) is 5.02 Å². The predicted octanol–water partition coefficient (Wildman–Crippen LogP) is 3.04. The Kier molecular flexibility index (Phi) is 4.49. The van der Waals surface area contributed by atoms with Crippen LogP contribution in [-0.2, 0) is 10.0 Å². The van der Waals surface area contributed by atoms with Crippen LogP contribution < -0.4 is 4.72 Å². The van der Waals surface area contributed by atoms with Crippen LogP contribution in [-0.4, -0.2) is 28.6 Å². The Balaban J connectivity index is 2.01. The quantitative estimate of drug-likeness (QED) is 0.754. The van der Waals surface area contributed by atoms with Crippen LogP contribution >= 0.6 is 11.6 Å². The number of tetrazole rings is 1. The molecule has 3 rings (SSSR count). The zero-order valence-electron chi connectivity index (χ0n) is 13.9. The summed E-state index contributed by atoms with van der Waals surface area (Å²) in [5.74, 6) is 0.605. The second kappa shape index (κ2) is 6.45. The third kappa shape index (κ3) is 3.35. The number of benzene rings is 2. The highest BCUT2D eigenvalue weighted by molar-refractivity contribution is 7.92. The van der Waals surface area contributed by atoms with Gasteiger partial charge < -0.3 is 0 Å². The number of nitrogens with one attached hydrogen (secondary N) is 1. The van der Waals surface area contributed by atoms with Crippen LogP contribution in [0.25, 0.3) is 5.69 Å². The second-order valence-electron chi connectivity index (χ2n) is 5.61. The summed E-state index contributed by atoms with van der Waals surface area (Å²) in [5.41, 5.74) is 2.53. The van der Waals surface area contributed by atoms with E-state index in [2.05, 4.69) is 20.2 Å². The van der Waals surface area contributed by atoms with Gasteiger partial charge in [-0.3, -0.25) is 4.72 Å². The van der Waals surface area contributed by atoms with Gasteiger partial charge in [0.05, 0.1) is 16.3 Å². The van der Waals surface area contributed by atoms with Crippen molar-refractivity contribution < 1.29 is 8.42 Å². The molecule has 1 heterocycles. The highest BCUT2D eigenvalue weighted by atomic mass is 35.5. The first-order valence-electron chi connectivity index (χ1n) is 7.43. The topological polar surface area (TPSA) is 89.8 Å². The number of nitrogens with zero attached hydrogens (tertiary/aromatic N) is 4. The maximum absolute atomic E-state index is 12.7. The Morgan fingerprint density at radius 2 is 1.88 bits per heavy atom. The van der Waals surface area contributed by atoms with E-state index in [0.717, 1.165) is 5.56 Å². The van der Waals surface area contributed by atoms with Gasteiger partial charge >= 0.3 is 0 Å². The zero-order chi connectivity index (χ0) is 18.2. The van der Waals surface area contributed by atoms with Crippen molar-refractivity contribution in [3.63, 3.8) is 0 Å². The minimum atomic E-state index is -3.77. The SMILES string of the molecule is Cc1ccc(NS(=O)(=O)c2cccc(Cl)c2C)cc1-n1nnnc1C. The molecule has 9 heteroatoms. The summed E-state index contributed by atoms with van der Waals surface area (Å²) in [5, 5.41) is 11.8. The van der Waals surface area contributed by atoms with Crippen LogP contribution in [0.5, 0.6) is 0 Å². The lowest BCUT2D eigenvalue weighted by Crippen LogP contribution is -2.15. The van der Waals surface area contributed by atoms with E-state index in [-0.39, 0.29) is 4.90 Å². The van der Waals surface area contributed by atoms with Crippen molar-refractivity contribution in [3.8, 4) is 5.69 Å². The van der Waals surface area contributed by atoms with Gasteiger partial charge in [-0.15, -0.1) is 5.10 Å². The van der Waals surface area contributed by atoms with Gasteiger partial charge in [-0.25, -0.2) is 8.42 Å². The number of anilines is 1. The third-order valence-corrected chi connectivity index (χ3v) is 5.76. The van der Waals surface area contributed by atoms with Gasteiger partial charge in [0.2, 0.25) is 0 Å². The number of aryl methyl sites for hydroxylation is 2. The molecule has 7 nitrogen and oxygen atoms in total. The average molecular weight is 378 g/mol. The van der Waals surface area contributed by atoms with E-state index in [1.165, 1.54) is 6.07 Å². The van der Waals surface area contributed by atoms with Crippen molar-refractivity contribution in [2.75, 3.05) is 4.72 Å². The van der Waals surface area contributed by atoms with Gasteiger partial charge in [-0.05, 0) is 66.6 Å². The molecule has 1 N–H and O–H groups in total. The first-order valence-corrected chi connectivity index (χ1v) is 9.29. The van der Waals surface area contributed by atoms with Crippen molar-refractivity contribution in [3.05, 3.63) is 58.4 Å². The standard InChI is InChI=1S/C16H16ClN5O2S/c1-10-7-8-13(9-15(10)22-12(3)18-20-21-22)19-25(23,24)16-6-4-5-14(17)11(16)2/h4-9,19H,1-3H3. The average Bonchev–Trinajstić information content (AvgIpc) is 2.97. The Labute approximate surface area is 150 Å². The van der Waals surface area contributed by atoms with E-state index in [1.807, 2.05) is 6.92 Å². The molecule has 0 saturated carbocycles. The molecule has 2 aromatic carbocycles. The Bertz CT molecular complexity index is 1050.